The lowest BCUT2D eigenvalue weighted by molar-refractivity contribution is 0.0488. The smallest absolute Gasteiger partial charge is 0.151 e. The van der Waals surface area contributed by atoms with Gasteiger partial charge in [0.2, 0.25) is 0 Å². The molecule has 0 aromatic carbocycles. The molecule has 3 atom stereocenters. The van der Waals surface area contributed by atoms with Gasteiger partial charge in [-0.3, -0.25) is 4.90 Å². The molecular formula is C14H26N2O2S. The second kappa shape index (κ2) is 4.71. The maximum absolute atomic E-state index is 11.9. The van der Waals surface area contributed by atoms with E-state index in [-0.39, 0.29) is 11.6 Å². The first-order valence-electron chi connectivity index (χ1n) is 7.61. The average Bonchev–Trinajstić information content (AvgIpc) is 3.15. The summed E-state index contributed by atoms with van der Waals surface area (Å²) in [6, 6.07) is 0.694. The zero-order chi connectivity index (χ0) is 13.7. The predicted octanol–water partition coefficient (Wildman–Crippen LogP) is 1.03. The summed E-state index contributed by atoms with van der Waals surface area (Å²) in [6.07, 6.45) is 4.54. The molecule has 3 rings (SSSR count). The van der Waals surface area contributed by atoms with E-state index in [1.165, 1.54) is 12.8 Å². The van der Waals surface area contributed by atoms with Crippen LogP contribution in [0.1, 0.15) is 39.5 Å². The van der Waals surface area contributed by atoms with E-state index in [1.54, 1.807) is 0 Å². The van der Waals surface area contributed by atoms with Crippen LogP contribution in [0.2, 0.25) is 0 Å². The third-order valence-corrected chi connectivity index (χ3v) is 7.07. The van der Waals surface area contributed by atoms with Crippen LogP contribution in [0.5, 0.6) is 0 Å². The van der Waals surface area contributed by atoms with Gasteiger partial charge < -0.3 is 5.32 Å². The quantitative estimate of drug-likeness (QED) is 0.823. The number of sulfone groups is 1. The van der Waals surface area contributed by atoms with Gasteiger partial charge in [0, 0.05) is 30.7 Å². The molecular weight excluding hydrogens is 260 g/mol. The fourth-order valence-electron chi connectivity index (χ4n) is 3.83. The monoisotopic (exact) mass is 286 g/mol. The van der Waals surface area contributed by atoms with Crippen LogP contribution in [0.25, 0.3) is 0 Å². The van der Waals surface area contributed by atoms with E-state index in [0.717, 1.165) is 31.8 Å². The molecule has 0 amide bonds. The highest BCUT2D eigenvalue weighted by atomic mass is 32.2. The molecule has 3 aliphatic rings. The SMILES string of the molecule is CC1CNC(C)(C2CC2)CN1C1CCCS(=O)(=O)C1. The number of nitrogens with one attached hydrogen (secondary N) is 1. The van der Waals surface area contributed by atoms with Gasteiger partial charge in [-0.2, -0.15) is 0 Å². The number of hydrogen-bond acceptors (Lipinski definition) is 4. The predicted molar refractivity (Wildman–Crippen MR) is 77.0 cm³/mol. The molecule has 5 heteroatoms. The molecule has 0 aromatic rings. The van der Waals surface area contributed by atoms with Crippen LogP contribution in [0.3, 0.4) is 0 Å². The second-order valence-corrected chi connectivity index (χ2v) is 9.23. The van der Waals surface area contributed by atoms with Gasteiger partial charge in [-0.15, -0.1) is 0 Å². The van der Waals surface area contributed by atoms with E-state index >= 15 is 0 Å². The molecule has 0 spiro atoms. The molecule has 1 saturated carbocycles. The van der Waals surface area contributed by atoms with E-state index in [1.807, 2.05) is 0 Å². The van der Waals surface area contributed by atoms with E-state index in [2.05, 4.69) is 24.1 Å². The Bertz CT molecular complexity index is 446. The van der Waals surface area contributed by atoms with Gasteiger partial charge in [0.1, 0.15) is 0 Å². The Morgan fingerprint density at radius 2 is 2.00 bits per heavy atom. The minimum atomic E-state index is -2.81. The Morgan fingerprint density at radius 1 is 1.26 bits per heavy atom. The first-order chi connectivity index (χ1) is 8.90. The maximum atomic E-state index is 11.9. The lowest BCUT2D eigenvalue weighted by Gasteiger charge is -2.49. The number of hydrogen-bond donors (Lipinski definition) is 1. The molecule has 1 aliphatic carbocycles. The minimum Gasteiger partial charge on any atom is -0.308 e. The maximum Gasteiger partial charge on any atom is 0.151 e. The van der Waals surface area contributed by atoms with Crippen molar-refractivity contribution in [1.29, 1.82) is 0 Å². The number of nitrogens with zero attached hydrogens (tertiary/aromatic N) is 1. The summed E-state index contributed by atoms with van der Waals surface area (Å²) in [7, 11) is -2.81. The highest BCUT2D eigenvalue weighted by molar-refractivity contribution is 7.91. The Hall–Kier alpha value is -0.130. The van der Waals surface area contributed by atoms with Crippen LogP contribution in [0.4, 0.5) is 0 Å². The van der Waals surface area contributed by atoms with Crippen molar-refractivity contribution in [2.24, 2.45) is 5.92 Å². The molecule has 3 unspecified atom stereocenters. The largest absolute Gasteiger partial charge is 0.308 e. The first-order valence-corrected chi connectivity index (χ1v) is 9.43. The molecule has 19 heavy (non-hydrogen) atoms. The third-order valence-electron chi connectivity index (χ3n) is 5.26. The molecule has 3 fully saturated rings. The summed E-state index contributed by atoms with van der Waals surface area (Å²) < 4.78 is 23.8. The fourth-order valence-corrected chi connectivity index (χ4v) is 5.55. The normalized spacial score (nSPS) is 44.1. The highest BCUT2D eigenvalue weighted by Gasteiger charge is 2.47. The Labute approximate surface area is 116 Å². The van der Waals surface area contributed by atoms with Crippen molar-refractivity contribution in [2.45, 2.75) is 57.2 Å². The van der Waals surface area contributed by atoms with Crippen molar-refractivity contribution in [3.8, 4) is 0 Å². The van der Waals surface area contributed by atoms with Crippen molar-refractivity contribution in [3.63, 3.8) is 0 Å². The summed E-state index contributed by atoms with van der Waals surface area (Å²) >= 11 is 0. The number of piperazine rings is 1. The van der Waals surface area contributed by atoms with Crippen LogP contribution in [0, 0.1) is 5.92 Å². The zero-order valence-electron chi connectivity index (χ0n) is 12.1. The summed E-state index contributed by atoms with van der Waals surface area (Å²) in [5, 5.41) is 3.71. The Morgan fingerprint density at radius 3 is 2.63 bits per heavy atom. The molecule has 2 saturated heterocycles. The topological polar surface area (TPSA) is 49.4 Å². The molecule has 0 radical (unpaired) electrons. The third kappa shape index (κ3) is 2.83. The molecule has 2 aliphatic heterocycles. The molecule has 0 aromatic heterocycles. The summed E-state index contributed by atoms with van der Waals surface area (Å²) in [6.45, 7) is 6.55. The van der Waals surface area contributed by atoms with Gasteiger partial charge >= 0.3 is 0 Å². The van der Waals surface area contributed by atoms with E-state index in [9.17, 15) is 8.42 Å². The van der Waals surface area contributed by atoms with Crippen LogP contribution in [-0.2, 0) is 9.84 Å². The van der Waals surface area contributed by atoms with Gasteiger partial charge in [0.15, 0.2) is 9.84 Å². The highest BCUT2D eigenvalue weighted by Crippen LogP contribution is 2.42. The van der Waals surface area contributed by atoms with E-state index in [0.29, 0.717) is 17.5 Å². The Balaban J connectivity index is 1.74. The van der Waals surface area contributed by atoms with Crippen LogP contribution in [0.15, 0.2) is 0 Å². The van der Waals surface area contributed by atoms with E-state index < -0.39 is 9.84 Å². The van der Waals surface area contributed by atoms with Crippen LogP contribution < -0.4 is 5.32 Å². The summed E-state index contributed by atoms with van der Waals surface area (Å²) in [4.78, 5) is 2.48. The van der Waals surface area contributed by atoms with Crippen molar-refractivity contribution in [2.75, 3.05) is 24.6 Å². The van der Waals surface area contributed by atoms with Crippen LogP contribution >= 0.6 is 0 Å². The Kier molecular flexibility index (Phi) is 3.43. The van der Waals surface area contributed by atoms with Crippen molar-refractivity contribution < 1.29 is 8.42 Å². The van der Waals surface area contributed by atoms with Gasteiger partial charge in [-0.25, -0.2) is 8.42 Å². The van der Waals surface area contributed by atoms with Gasteiger partial charge in [0.25, 0.3) is 0 Å². The van der Waals surface area contributed by atoms with Crippen molar-refractivity contribution in [1.82, 2.24) is 10.2 Å². The summed E-state index contributed by atoms with van der Waals surface area (Å²) in [5.74, 6) is 1.56. The lowest BCUT2D eigenvalue weighted by Crippen LogP contribution is -2.66. The number of rotatable bonds is 2. The molecule has 2 heterocycles. The average molecular weight is 286 g/mol. The second-order valence-electron chi connectivity index (χ2n) is 7.00. The van der Waals surface area contributed by atoms with Crippen molar-refractivity contribution in [3.05, 3.63) is 0 Å². The summed E-state index contributed by atoms with van der Waals surface area (Å²) in [5.41, 5.74) is 0.202. The molecule has 4 nitrogen and oxygen atoms in total. The molecule has 0 bridgehead atoms. The molecule has 110 valence electrons. The first kappa shape index (κ1) is 13.8. The molecule has 1 N–H and O–H groups in total. The van der Waals surface area contributed by atoms with Gasteiger partial charge in [-0.1, -0.05) is 0 Å². The lowest BCUT2D eigenvalue weighted by atomic mass is 9.90. The van der Waals surface area contributed by atoms with E-state index in [4.69, 9.17) is 0 Å². The fraction of sp³-hybridized carbons (Fsp3) is 1.00. The zero-order valence-corrected chi connectivity index (χ0v) is 12.9. The van der Waals surface area contributed by atoms with Gasteiger partial charge in [-0.05, 0) is 45.4 Å². The standard InChI is InChI=1S/C14H26N2O2S/c1-11-8-15-14(2,12-5-6-12)10-16(11)13-4-3-7-19(17,18)9-13/h11-13,15H,3-10H2,1-2H3. The van der Waals surface area contributed by atoms with Crippen molar-refractivity contribution >= 4 is 9.84 Å². The van der Waals surface area contributed by atoms with Crippen LogP contribution in [-0.4, -0.2) is 55.5 Å². The van der Waals surface area contributed by atoms with Gasteiger partial charge in [0.05, 0.1) is 11.5 Å². The minimum absolute atomic E-state index is 0.202.